The molecule has 1 N–H and O–H groups in total. The number of amides is 1. The Morgan fingerprint density at radius 3 is 2.75 bits per heavy atom. The lowest BCUT2D eigenvalue weighted by Gasteiger charge is -2.22. The summed E-state index contributed by atoms with van der Waals surface area (Å²) in [6.07, 6.45) is 4.01. The average molecular weight is 463 g/mol. The highest BCUT2D eigenvalue weighted by Gasteiger charge is 2.34. The lowest BCUT2D eigenvalue weighted by molar-refractivity contribution is -0.134. The second kappa shape index (κ2) is 8.81. The van der Waals surface area contributed by atoms with E-state index in [1.165, 1.54) is 46.4 Å². The standard InChI is InChI=1S/C20H22FN5O5S/c1-31-7-6-25-11-15(8-22-25)32(29,30)26-10-14-9-24(12-19(14)23-26)20(28)17(13-27)16-4-2-3-5-18(16)21/h2-5,8,10-11,17,27H,6-7,9,12-13H2,1H3/t17-/m1/s1. The number of rotatable bonds is 8. The molecule has 0 saturated heterocycles. The van der Waals surface area contributed by atoms with Crippen LogP contribution in [0.1, 0.15) is 22.7 Å². The number of nitrogens with zero attached hydrogens (tertiary/aromatic N) is 5. The van der Waals surface area contributed by atoms with Gasteiger partial charge < -0.3 is 14.7 Å². The number of halogens is 1. The summed E-state index contributed by atoms with van der Waals surface area (Å²) in [5.74, 6) is -2.07. The number of aliphatic hydroxyl groups excluding tert-OH is 1. The second-order valence-electron chi connectivity index (χ2n) is 7.36. The molecule has 0 unspecified atom stereocenters. The summed E-state index contributed by atoms with van der Waals surface area (Å²) in [5.41, 5.74) is 1.11. The topological polar surface area (TPSA) is 120 Å². The maximum atomic E-state index is 14.1. The molecule has 170 valence electrons. The van der Waals surface area contributed by atoms with E-state index in [1.807, 2.05) is 0 Å². The number of carbonyl (C=O) groups is 1. The molecule has 1 aliphatic rings. The molecule has 0 fully saturated rings. The summed E-state index contributed by atoms with van der Waals surface area (Å²) >= 11 is 0. The maximum Gasteiger partial charge on any atom is 0.286 e. The summed E-state index contributed by atoms with van der Waals surface area (Å²) in [4.78, 5) is 14.3. The summed E-state index contributed by atoms with van der Waals surface area (Å²) in [5, 5.41) is 17.9. The molecule has 0 spiro atoms. The van der Waals surface area contributed by atoms with Crippen molar-refractivity contribution in [3.05, 3.63) is 65.5 Å². The molecule has 3 heterocycles. The van der Waals surface area contributed by atoms with Crippen molar-refractivity contribution < 1.29 is 27.4 Å². The van der Waals surface area contributed by atoms with Gasteiger partial charge in [-0.1, -0.05) is 18.2 Å². The maximum absolute atomic E-state index is 14.1. The number of aromatic nitrogens is 4. The molecule has 1 aromatic carbocycles. The van der Waals surface area contributed by atoms with Gasteiger partial charge in [0, 0.05) is 37.2 Å². The Kier molecular flexibility index (Phi) is 6.09. The largest absolute Gasteiger partial charge is 0.395 e. The third-order valence-electron chi connectivity index (χ3n) is 5.31. The van der Waals surface area contributed by atoms with Crippen LogP contribution in [-0.2, 0) is 39.2 Å². The molecule has 4 rings (SSSR count). The number of carbonyl (C=O) groups excluding carboxylic acids is 1. The molecule has 1 amide bonds. The van der Waals surface area contributed by atoms with E-state index in [9.17, 15) is 22.7 Å². The zero-order chi connectivity index (χ0) is 22.9. The van der Waals surface area contributed by atoms with Crippen LogP contribution in [0.3, 0.4) is 0 Å². The summed E-state index contributed by atoms with van der Waals surface area (Å²) in [6, 6.07) is 5.80. The highest BCUT2D eigenvalue weighted by molar-refractivity contribution is 7.89. The van der Waals surface area contributed by atoms with Gasteiger partial charge >= 0.3 is 0 Å². The smallest absolute Gasteiger partial charge is 0.286 e. The molecule has 10 nitrogen and oxygen atoms in total. The molecule has 1 aliphatic heterocycles. The quantitative estimate of drug-likeness (QED) is 0.523. The Morgan fingerprint density at radius 2 is 2.06 bits per heavy atom. The third-order valence-corrected chi connectivity index (χ3v) is 6.80. The van der Waals surface area contributed by atoms with Gasteiger partial charge in [0.15, 0.2) is 0 Å². The van der Waals surface area contributed by atoms with Crippen LogP contribution in [0.25, 0.3) is 0 Å². The van der Waals surface area contributed by atoms with Gasteiger partial charge in [-0.05, 0) is 6.07 Å². The van der Waals surface area contributed by atoms with Gasteiger partial charge in [0.25, 0.3) is 10.0 Å². The van der Waals surface area contributed by atoms with Crippen LogP contribution < -0.4 is 0 Å². The molecule has 32 heavy (non-hydrogen) atoms. The number of hydrogen-bond donors (Lipinski definition) is 1. The number of methoxy groups -OCH3 is 1. The van der Waals surface area contributed by atoms with Crippen LogP contribution in [0.15, 0.2) is 47.8 Å². The molecule has 1 atom stereocenters. The van der Waals surface area contributed by atoms with Gasteiger partial charge in [-0.25, -0.2) is 4.39 Å². The molecular weight excluding hydrogens is 441 g/mol. The van der Waals surface area contributed by atoms with Gasteiger partial charge in [0.05, 0.1) is 44.1 Å². The monoisotopic (exact) mass is 463 g/mol. The molecular formula is C20H22FN5O5S. The normalized spacial score (nSPS) is 14.5. The van der Waals surface area contributed by atoms with Gasteiger partial charge in [-0.3, -0.25) is 9.48 Å². The minimum atomic E-state index is -3.94. The fraction of sp³-hybridized carbons (Fsp3) is 0.350. The van der Waals surface area contributed by atoms with Crippen LogP contribution in [0.5, 0.6) is 0 Å². The number of benzene rings is 1. The van der Waals surface area contributed by atoms with Crippen molar-refractivity contribution >= 4 is 15.9 Å². The molecule has 12 heteroatoms. The first kappa shape index (κ1) is 22.1. The first-order valence-electron chi connectivity index (χ1n) is 9.83. The highest BCUT2D eigenvalue weighted by atomic mass is 32.2. The van der Waals surface area contributed by atoms with Gasteiger partial charge in [0.1, 0.15) is 10.7 Å². The lowest BCUT2D eigenvalue weighted by atomic mass is 9.98. The van der Waals surface area contributed by atoms with E-state index in [0.717, 1.165) is 4.09 Å². The predicted octanol–water partition coefficient (Wildman–Crippen LogP) is 0.720. The van der Waals surface area contributed by atoms with Crippen molar-refractivity contribution in [2.24, 2.45) is 0 Å². The van der Waals surface area contributed by atoms with E-state index in [1.54, 1.807) is 13.2 Å². The van der Waals surface area contributed by atoms with Gasteiger partial charge in [0.2, 0.25) is 5.91 Å². The van der Waals surface area contributed by atoms with Crippen LogP contribution in [0, 0.1) is 5.82 Å². The Labute approximate surface area is 183 Å². The first-order valence-corrected chi connectivity index (χ1v) is 11.3. The van der Waals surface area contributed by atoms with Crippen molar-refractivity contribution in [2.75, 3.05) is 20.3 Å². The molecule has 0 bridgehead atoms. The molecule has 2 aromatic heterocycles. The fourth-order valence-electron chi connectivity index (χ4n) is 3.59. The first-order chi connectivity index (χ1) is 15.3. The Bertz CT molecular complexity index is 1220. The van der Waals surface area contributed by atoms with Gasteiger partial charge in [-0.2, -0.15) is 22.7 Å². The van der Waals surface area contributed by atoms with Crippen molar-refractivity contribution in [3.8, 4) is 0 Å². The molecule has 3 aromatic rings. The molecule has 0 saturated carbocycles. The number of fused-ring (bicyclic) bond motifs is 1. The minimum Gasteiger partial charge on any atom is -0.395 e. The number of hydrogen-bond acceptors (Lipinski definition) is 7. The summed E-state index contributed by atoms with van der Waals surface area (Å²) in [6.45, 7) is 0.432. The van der Waals surface area contributed by atoms with Crippen molar-refractivity contribution in [2.45, 2.75) is 30.4 Å². The summed E-state index contributed by atoms with van der Waals surface area (Å²) < 4.78 is 47.2. The molecule has 0 aliphatic carbocycles. The molecule has 0 radical (unpaired) electrons. The van der Waals surface area contributed by atoms with E-state index >= 15 is 0 Å². The summed E-state index contributed by atoms with van der Waals surface area (Å²) in [7, 11) is -2.40. The van der Waals surface area contributed by atoms with Gasteiger partial charge in [-0.15, -0.1) is 0 Å². The Morgan fingerprint density at radius 1 is 1.28 bits per heavy atom. The number of ether oxygens (including phenoxy) is 1. The Hall–Kier alpha value is -3.09. The van der Waals surface area contributed by atoms with E-state index in [4.69, 9.17) is 4.74 Å². The van der Waals surface area contributed by atoms with Crippen molar-refractivity contribution in [3.63, 3.8) is 0 Å². The average Bonchev–Trinajstić information content (AvgIpc) is 3.49. The second-order valence-corrected chi connectivity index (χ2v) is 9.16. The predicted molar refractivity (Wildman–Crippen MR) is 109 cm³/mol. The van der Waals surface area contributed by atoms with E-state index < -0.39 is 34.3 Å². The van der Waals surface area contributed by atoms with Crippen LogP contribution in [0.2, 0.25) is 0 Å². The van der Waals surface area contributed by atoms with E-state index in [0.29, 0.717) is 24.4 Å². The third kappa shape index (κ3) is 4.04. The SMILES string of the molecule is COCCn1cc(S(=O)(=O)n2cc3c(n2)CN(C(=O)[C@H](CO)c2ccccc2F)C3)cn1. The van der Waals surface area contributed by atoms with Crippen molar-refractivity contribution in [1.82, 2.24) is 23.9 Å². The number of aliphatic hydroxyl groups is 1. The van der Waals surface area contributed by atoms with E-state index in [2.05, 4.69) is 10.2 Å². The zero-order valence-electron chi connectivity index (χ0n) is 17.3. The highest BCUT2D eigenvalue weighted by Crippen LogP contribution is 2.28. The van der Waals surface area contributed by atoms with Crippen LogP contribution in [-0.4, -0.2) is 63.6 Å². The van der Waals surface area contributed by atoms with Crippen LogP contribution in [0.4, 0.5) is 4.39 Å². The minimum absolute atomic E-state index is 0.0115. The lowest BCUT2D eigenvalue weighted by Crippen LogP contribution is -2.33. The fourth-order valence-corrected chi connectivity index (χ4v) is 4.71. The van der Waals surface area contributed by atoms with E-state index in [-0.39, 0.29) is 23.5 Å². The van der Waals surface area contributed by atoms with Crippen molar-refractivity contribution in [1.29, 1.82) is 0 Å². The van der Waals surface area contributed by atoms with Crippen LogP contribution >= 0.6 is 0 Å². The Balaban J connectivity index is 1.50. The zero-order valence-corrected chi connectivity index (χ0v) is 18.1.